The summed E-state index contributed by atoms with van der Waals surface area (Å²) in [5.41, 5.74) is 1.02. The number of amides is 1. The van der Waals surface area contributed by atoms with Gasteiger partial charge in [-0.2, -0.15) is 8.42 Å². The third-order valence-electron chi connectivity index (χ3n) is 5.83. The van der Waals surface area contributed by atoms with Crippen LogP contribution in [0.3, 0.4) is 0 Å². The second kappa shape index (κ2) is 9.29. The van der Waals surface area contributed by atoms with Crippen molar-refractivity contribution in [1.29, 1.82) is 0 Å². The molecule has 0 spiro atoms. The highest BCUT2D eigenvalue weighted by atomic mass is 32.2. The van der Waals surface area contributed by atoms with Crippen LogP contribution < -0.4 is 5.32 Å². The monoisotopic (exact) mass is 435 g/mol. The fourth-order valence-corrected chi connectivity index (χ4v) is 5.49. The van der Waals surface area contributed by atoms with Crippen LogP contribution in [-0.4, -0.2) is 44.2 Å². The fraction of sp³-hybridized carbons (Fsp3) is 0.545. The van der Waals surface area contributed by atoms with E-state index < -0.39 is 15.8 Å². The topological polar surface area (TPSA) is 78.8 Å². The number of amidine groups is 1. The molecule has 0 saturated carbocycles. The maximum absolute atomic E-state index is 13.2. The molecule has 6 nitrogen and oxygen atoms in total. The number of nitrogens with one attached hydrogen (secondary N) is 1. The second-order valence-electron chi connectivity index (χ2n) is 8.16. The van der Waals surface area contributed by atoms with Crippen LogP contribution in [0.5, 0.6) is 0 Å². The number of nitrogens with zero attached hydrogens (tertiary/aromatic N) is 2. The molecule has 1 saturated heterocycles. The van der Waals surface area contributed by atoms with Gasteiger partial charge in [0.25, 0.3) is 10.0 Å². The Kier molecular flexibility index (Phi) is 6.95. The Labute approximate surface area is 178 Å². The summed E-state index contributed by atoms with van der Waals surface area (Å²) in [6, 6.07) is 5.52. The van der Waals surface area contributed by atoms with Crippen LogP contribution in [0, 0.1) is 11.7 Å². The molecular weight excluding hydrogens is 405 g/mol. The molecule has 8 heteroatoms. The molecule has 3 rings (SSSR count). The van der Waals surface area contributed by atoms with Gasteiger partial charge in [-0.3, -0.25) is 4.79 Å². The van der Waals surface area contributed by atoms with E-state index >= 15 is 0 Å². The van der Waals surface area contributed by atoms with Crippen LogP contribution >= 0.6 is 0 Å². The molecule has 1 unspecified atom stereocenters. The molecule has 1 aromatic rings. The van der Waals surface area contributed by atoms with E-state index in [4.69, 9.17) is 0 Å². The number of likely N-dealkylation sites (tertiary alicyclic amines) is 1. The first-order valence-corrected chi connectivity index (χ1v) is 12.0. The molecule has 30 heavy (non-hydrogen) atoms. The van der Waals surface area contributed by atoms with Crippen molar-refractivity contribution in [2.45, 2.75) is 58.9 Å². The Morgan fingerprint density at radius 3 is 2.50 bits per heavy atom. The van der Waals surface area contributed by atoms with Gasteiger partial charge in [0, 0.05) is 30.6 Å². The number of carbonyl (C=O) groups excluding carboxylic acids is 1. The number of sulfonamides is 1. The average molecular weight is 436 g/mol. The lowest BCUT2D eigenvalue weighted by Crippen LogP contribution is -2.47. The number of benzene rings is 1. The maximum Gasteiger partial charge on any atom is 0.285 e. The maximum atomic E-state index is 13.2. The van der Waals surface area contributed by atoms with Gasteiger partial charge in [0.15, 0.2) is 0 Å². The van der Waals surface area contributed by atoms with E-state index in [1.54, 1.807) is 6.92 Å². The largest absolute Gasteiger partial charge is 0.356 e. The Morgan fingerprint density at radius 1 is 1.27 bits per heavy atom. The van der Waals surface area contributed by atoms with Gasteiger partial charge in [-0.05, 0) is 43.9 Å². The number of piperidine rings is 1. The predicted molar refractivity (Wildman–Crippen MR) is 117 cm³/mol. The van der Waals surface area contributed by atoms with Crippen LogP contribution in [-0.2, 0) is 14.8 Å². The summed E-state index contributed by atoms with van der Waals surface area (Å²) in [7, 11) is -3.82. The summed E-state index contributed by atoms with van der Waals surface area (Å²) in [4.78, 5) is 14.5. The molecular formula is C22H30FN3O3S. The first-order chi connectivity index (χ1) is 14.2. The molecule has 1 N–H and O–H groups in total. The first-order valence-electron chi connectivity index (χ1n) is 10.6. The number of hydrogen-bond acceptors (Lipinski definition) is 4. The molecule has 1 fully saturated rings. The summed E-state index contributed by atoms with van der Waals surface area (Å²) < 4.78 is 42.6. The Balaban J connectivity index is 1.65. The number of halogens is 1. The van der Waals surface area contributed by atoms with Crippen LogP contribution in [0.1, 0.15) is 58.4 Å². The summed E-state index contributed by atoms with van der Waals surface area (Å²) >= 11 is 0. The van der Waals surface area contributed by atoms with Crippen molar-refractivity contribution in [3.8, 4) is 0 Å². The molecule has 1 amide bonds. The molecule has 2 aliphatic heterocycles. The van der Waals surface area contributed by atoms with Gasteiger partial charge in [0.2, 0.25) is 5.91 Å². The summed E-state index contributed by atoms with van der Waals surface area (Å²) in [5, 5.41) is 3.13. The number of carbonyl (C=O) groups is 1. The van der Waals surface area contributed by atoms with Gasteiger partial charge in [0.1, 0.15) is 16.6 Å². The van der Waals surface area contributed by atoms with Crippen LogP contribution in [0.4, 0.5) is 4.39 Å². The van der Waals surface area contributed by atoms with Crippen molar-refractivity contribution in [3.05, 3.63) is 41.2 Å². The minimum absolute atomic E-state index is 0.00998. The molecule has 2 aliphatic rings. The number of rotatable bonds is 6. The fourth-order valence-electron chi connectivity index (χ4n) is 4.01. The Bertz CT molecular complexity index is 946. The van der Waals surface area contributed by atoms with E-state index in [0.29, 0.717) is 30.1 Å². The van der Waals surface area contributed by atoms with Gasteiger partial charge >= 0.3 is 0 Å². The molecule has 2 heterocycles. The van der Waals surface area contributed by atoms with Crippen molar-refractivity contribution in [3.63, 3.8) is 0 Å². The lowest BCUT2D eigenvalue weighted by molar-refractivity contribution is -0.125. The third kappa shape index (κ3) is 4.91. The number of hydrogen-bond donors (Lipinski definition) is 1. The van der Waals surface area contributed by atoms with Gasteiger partial charge in [-0.25, -0.2) is 4.39 Å². The second-order valence-corrected chi connectivity index (χ2v) is 9.71. The van der Waals surface area contributed by atoms with E-state index in [1.165, 1.54) is 24.3 Å². The summed E-state index contributed by atoms with van der Waals surface area (Å²) in [6.07, 6.45) is 4.50. The van der Waals surface area contributed by atoms with Crippen molar-refractivity contribution in [2.75, 3.05) is 13.1 Å². The highest BCUT2D eigenvalue weighted by molar-refractivity contribution is 8.00. The molecule has 0 radical (unpaired) electrons. The smallest absolute Gasteiger partial charge is 0.285 e. The average Bonchev–Trinajstić information content (AvgIpc) is 2.96. The highest BCUT2D eigenvalue weighted by Crippen LogP contribution is 2.34. The molecule has 0 aliphatic carbocycles. The third-order valence-corrected chi connectivity index (χ3v) is 7.30. The van der Waals surface area contributed by atoms with Crippen molar-refractivity contribution < 1.29 is 17.6 Å². The zero-order valence-corrected chi connectivity index (χ0v) is 18.6. The number of unbranched alkanes of at least 4 members (excludes halogenated alkanes) is 1. The van der Waals surface area contributed by atoms with Crippen molar-refractivity contribution in [1.82, 2.24) is 10.2 Å². The van der Waals surface area contributed by atoms with Gasteiger partial charge in [-0.1, -0.05) is 38.8 Å². The lowest BCUT2D eigenvalue weighted by Gasteiger charge is -2.34. The normalized spacial score (nSPS) is 20.3. The zero-order chi connectivity index (χ0) is 21.9. The van der Waals surface area contributed by atoms with Gasteiger partial charge in [-0.15, -0.1) is 4.40 Å². The van der Waals surface area contributed by atoms with Crippen LogP contribution in [0.2, 0.25) is 0 Å². The minimum Gasteiger partial charge on any atom is -0.356 e. The van der Waals surface area contributed by atoms with Gasteiger partial charge in [0.05, 0.1) is 0 Å². The highest BCUT2D eigenvalue weighted by Gasteiger charge is 2.35. The van der Waals surface area contributed by atoms with Gasteiger partial charge < -0.3 is 10.2 Å². The SMILES string of the molecule is CCCCC(C)C(=O)NC1CCN(C2=NS(=O)(=O)C(c3ccc(F)cc3)=C2C)CC1. The molecule has 0 aromatic heterocycles. The van der Waals surface area contributed by atoms with Crippen LogP contribution in [0.25, 0.3) is 4.91 Å². The lowest BCUT2D eigenvalue weighted by atomic mass is 10.00. The minimum atomic E-state index is -3.82. The van der Waals surface area contributed by atoms with Crippen molar-refractivity contribution in [2.24, 2.45) is 10.3 Å². The standard InChI is InChI=1S/C22H30FN3O3S/c1-4-5-6-15(2)22(27)24-19-11-13-26(14-12-19)21-16(3)20(30(28,29)25-21)17-7-9-18(23)10-8-17/h7-10,15,19H,4-6,11-14H2,1-3H3,(H,24,27). The van der Waals surface area contributed by atoms with E-state index in [2.05, 4.69) is 16.6 Å². The predicted octanol–water partition coefficient (Wildman–Crippen LogP) is 3.71. The molecule has 1 aromatic carbocycles. The van der Waals surface area contributed by atoms with E-state index in [0.717, 1.165) is 32.1 Å². The Hall–Kier alpha value is -2.22. The van der Waals surface area contributed by atoms with E-state index in [1.807, 2.05) is 11.8 Å². The summed E-state index contributed by atoms with van der Waals surface area (Å²) in [5.74, 6) is 0.144. The molecule has 1 atom stereocenters. The molecule has 164 valence electrons. The van der Waals surface area contributed by atoms with E-state index in [-0.39, 0.29) is 22.8 Å². The van der Waals surface area contributed by atoms with Crippen LogP contribution in [0.15, 0.2) is 34.2 Å². The zero-order valence-electron chi connectivity index (χ0n) is 17.8. The Morgan fingerprint density at radius 2 is 1.90 bits per heavy atom. The van der Waals surface area contributed by atoms with E-state index in [9.17, 15) is 17.6 Å². The quantitative estimate of drug-likeness (QED) is 0.739. The summed E-state index contributed by atoms with van der Waals surface area (Å²) in [6.45, 7) is 7.06. The van der Waals surface area contributed by atoms with Crippen molar-refractivity contribution >= 4 is 26.7 Å². The first kappa shape index (κ1) is 22.5. The molecule has 0 bridgehead atoms.